The molecule has 0 fully saturated rings. The molecule has 0 bridgehead atoms. The van der Waals surface area contributed by atoms with Gasteiger partial charge in [0, 0.05) is 0 Å². The van der Waals surface area contributed by atoms with Crippen molar-refractivity contribution in [3.8, 4) is 0 Å². The van der Waals surface area contributed by atoms with Crippen LogP contribution in [0.3, 0.4) is 0 Å². The van der Waals surface area contributed by atoms with Crippen molar-refractivity contribution in [3.05, 3.63) is 82.9 Å². The van der Waals surface area contributed by atoms with Crippen LogP contribution in [0.4, 0.5) is 0 Å². The van der Waals surface area contributed by atoms with Crippen LogP contribution in [-0.4, -0.2) is 63.7 Å². The molecule has 0 aromatic heterocycles. The summed E-state index contributed by atoms with van der Waals surface area (Å²) in [6.07, 6.45) is 2.91. The molecule has 4 aromatic rings. The van der Waals surface area contributed by atoms with Crippen LogP contribution in [0.1, 0.15) is 49.9 Å². The molecule has 0 radical (unpaired) electrons. The molecule has 192 valence electrons. The van der Waals surface area contributed by atoms with Crippen molar-refractivity contribution < 1.29 is 25.9 Å². The Bertz CT molecular complexity index is 1500. The number of rotatable bonds is 6. The van der Waals surface area contributed by atoms with E-state index in [9.17, 15) is 25.9 Å². The van der Waals surface area contributed by atoms with E-state index in [1.54, 1.807) is 12.1 Å². The first-order valence-electron chi connectivity index (χ1n) is 11.9. The second-order valence-electron chi connectivity index (χ2n) is 8.52. The summed E-state index contributed by atoms with van der Waals surface area (Å²) in [7, 11) is -8.81. The van der Waals surface area contributed by atoms with Crippen molar-refractivity contribution >= 4 is 79.5 Å². The summed E-state index contributed by atoms with van der Waals surface area (Å²) in [6, 6.07) is 18.1. The summed E-state index contributed by atoms with van der Waals surface area (Å²) in [5.74, 6) is 0. The minimum absolute atomic E-state index is 0. The standard InChI is InChI=1S/2C14H16O3S.Ca/c2*1-3-10-5-7-13-11(9-10)6-8-14(12(13)4-2)18(15,16)17;/h2*5-9H,3-4H2,1-2H3,(H,15,16,17);/q;;+2/p-2. The summed E-state index contributed by atoms with van der Waals surface area (Å²) in [4.78, 5) is -0.191. The number of benzene rings is 4. The fourth-order valence-electron chi connectivity index (χ4n) is 4.49. The number of hydrogen-bond donors (Lipinski definition) is 0. The first-order valence-corrected chi connectivity index (χ1v) is 14.8. The Kier molecular flexibility index (Phi) is 11.2. The summed E-state index contributed by atoms with van der Waals surface area (Å²) < 4.78 is 67.3. The third-order valence-electron chi connectivity index (χ3n) is 6.37. The maximum Gasteiger partial charge on any atom is 2.00 e. The predicted molar refractivity (Wildman–Crippen MR) is 147 cm³/mol. The second kappa shape index (κ2) is 13.0. The number of hydrogen-bond acceptors (Lipinski definition) is 6. The molecule has 0 spiro atoms. The topological polar surface area (TPSA) is 114 Å². The van der Waals surface area contributed by atoms with Gasteiger partial charge in [-0.3, -0.25) is 0 Å². The van der Waals surface area contributed by atoms with Crippen LogP contribution in [-0.2, 0) is 45.9 Å². The van der Waals surface area contributed by atoms with E-state index in [0.29, 0.717) is 24.0 Å². The molecule has 6 nitrogen and oxygen atoms in total. The zero-order valence-electron chi connectivity index (χ0n) is 21.6. The summed E-state index contributed by atoms with van der Waals surface area (Å²) in [5, 5.41) is 3.68. The fraction of sp³-hybridized carbons (Fsp3) is 0.286. The Morgan fingerprint density at radius 2 is 0.892 bits per heavy atom. The minimum atomic E-state index is -4.40. The van der Waals surface area contributed by atoms with Crippen molar-refractivity contribution in [3.63, 3.8) is 0 Å². The third-order valence-corrected chi connectivity index (χ3v) is 8.21. The Hall–Kier alpha value is -1.52. The average molecular weight is 567 g/mol. The van der Waals surface area contributed by atoms with E-state index >= 15 is 0 Å². The van der Waals surface area contributed by atoms with Gasteiger partial charge in [0.25, 0.3) is 0 Å². The van der Waals surface area contributed by atoms with Crippen LogP contribution in [0.2, 0.25) is 0 Å². The molecule has 0 aliphatic carbocycles. The first-order chi connectivity index (χ1) is 16.9. The van der Waals surface area contributed by atoms with Gasteiger partial charge in [-0.1, -0.05) is 76.2 Å². The molecule has 0 heterocycles. The smallest absolute Gasteiger partial charge is 0.744 e. The van der Waals surface area contributed by atoms with E-state index in [2.05, 4.69) is 13.8 Å². The van der Waals surface area contributed by atoms with Crippen molar-refractivity contribution in [2.75, 3.05) is 0 Å². The van der Waals surface area contributed by atoms with Gasteiger partial charge in [0.05, 0.1) is 9.79 Å². The SMILES string of the molecule is CCc1ccc2c(CC)c(S(=O)(=O)[O-])ccc2c1.CCc1ccc2c(CC)c(S(=O)(=O)[O-])ccc2c1.[Ca+2]. The van der Waals surface area contributed by atoms with E-state index in [-0.39, 0.29) is 47.5 Å². The van der Waals surface area contributed by atoms with Gasteiger partial charge in [-0.15, -0.1) is 0 Å². The molecule has 0 atom stereocenters. The molecular weight excluding hydrogens is 537 g/mol. The van der Waals surface area contributed by atoms with Crippen molar-refractivity contribution in [1.82, 2.24) is 0 Å². The molecular formula is C28H30CaO6S2. The van der Waals surface area contributed by atoms with E-state index in [1.165, 1.54) is 23.3 Å². The van der Waals surface area contributed by atoms with E-state index in [4.69, 9.17) is 0 Å². The predicted octanol–water partition coefficient (Wildman–Crippen LogP) is 5.36. The van der Waals surface area contributed by atoms with Crippen molar-refractivity contribution in [1.29, 1.82) is 0 Å². The zero-order valence-corrected chi connectivity index (χ0v) is 25.4. The third kappa shape index (κ3) is 7.32. The summed E-state index contributed by atoms with van der Waals surface area (Å²) >= 11 is 0. The van der Waals surface area contributed by atoms with Gasteiger partial charge in [0.1, 0.15) is 20.2 Å². The number of aryl methyl sites for hydroxylation is 4. The molecule has 0 aliphatic heterocycles. The average Bonchev–Trinajstić information content (AvgIpc) is 2.85. The van der Waals surface area contributed by atoms with Crippen LogP contribution in [0.25, 0.3) is 21.5 Å². The maximum atomic E-state index is 11.2. The quantitative estimate of drug-likeness (QED) is 0.229. The molecule has 0 saturated carbocycles. The molecule has 0 unspecified atom stereocenters. The van der Waals surface area contributed by atoms with Gasteiger partial charge in [0.15, 0.2) is 0 Å². The van der Waals surface area contributed by atoms with Gasteiger partial charge in [-0.25, -0.2) is 16.8 Å². The van der Waals surface area contributed by atoms with Gasteiger partial charge >= 0.3 is 37.7 Å². The largest absolute Gasteiger partial charge is 2.00 e. The molecule has 37 heavy (non-hydrogen) atoms. The Morgan fingerprint density at radius 3 is 1.16 bits per heavy atom. The molecule has 0 aliphatic rings. The Labute approximate surface area is 249 Å². The van der Waals surface area contributed by atoms with Gasteiger partial charge in [-0.05, 0) is 81.6 Å². The Morgan fingerprint density at radius 1 is 0.541 bits per heavy atom. The maximum absolute atomic E-state index is 11.2. The molecule has 0 N–H and O–H groups in total. The van der Waals surface area contributed by atoms with Gasteiger partial charge in [-0.2, -0.15) is 0 Å². The molecule has 4 rings (SSSR count). The number of fused-ring (bicyclic) bond motifs is 2. The van der Waals surface area contributed by atoms with Gasteiger partial charge in [0.2, 0.25) is 0 Å². The zero-order chi connectivity index (χ0) is 26.7. The van der Waals surface area contributed by atoms with Crippen LogP contribution in [0, 0.1) is 0 Å². The fourth-order valence-corrected chi connectivity index (χ4v) is 6.07. The summed E-state index contributed by atoms with van der Waals surface area (Å²) in [5.41, 5.74) is 3.62. The first kappa shape index (κ1) is 31.7. The van der Waals surface area contributed by atoms with Crippen LogP contribution in [0.5, 0.6) is 0 Å². The van der Waals surface area contributed by atoms with Crippen molar-refractivity contribution in [2.45, 2.75) is 63.2 Å². The van der Waals surface area contributed by atoms with Crippen molar-refractivity contribution in [2.24, 2.45) is 0 Å². The van der Waals surface area contributed by atoms with E-state index in [0.717, 1.165) is 34.4 Å². The van der Waals surface area contributed by atoms with Crippen LogP contribution >= 0.6 is 0 Å². The van der Waals surface area contributed by atoms with Crippen LogP contribution < -0.4 is 0 Å². The Balaban J connectivity index is 0.000000253. The second-order valence-corrected chi connectivity index (χ2v) is 11.2. The van der Waals surface area contributed by atoms with Gasteiger partial charge < -0.3 is 9.11 Å². The summed E-state index contributed by atoms with van der Waals surface area (Å²) in [6.45, 7) is 7.85. The molecule has 9 heteroatoms. The van der Waals surface area contributed by atoms with E-state index < -0.39 is 20.2 Å². The normalized spacial score (nSPS) is 11.6. The monoisotopic (exact) mass is 566 g/mol. The molecule has 0 saturated heterocycles. The molecule has 4 aromatic carbocycles. The van der Waals surface area contributed by atoms with E-state index in [1.807, 2.05) is 50.2 Å². The minimum Gasteiger partial charge on any atom is -0.744 e. The van der Waals surface area contributed by atoms with Crippen LogP contribution in [0.15, 0.2) is 70.5 Å². The molecule has 0 amide bonds.